The molecule has 1 atom stereocenters. The number of amides is 1. The molecule has 11 heteroatoms. The van der Waals surface area contributed by atoms with Crippen molar-refractivity contribution in [3.8, 4) is 11.6 Å². The van der Waals surface area contributed by atoms with E-state index in [-0.39, 0.29) is 35.8 Å². The van der Waals surface area contributed by atoms with Crippen LogP contribution in [0.1, 0.15) is 36.3 Å². The first-order valence-corrected chi connectivity index (χ1v) is 8.67. The fraction of sp³-hybridized carbons (Fsp3) is 0.333. The molecule has 156 valence electrons. The number of benzene rings is 1. The Morgan fingerprint density at radius 1 is 1.28 bits per heavy atom. The maximum absolute atomic E-state index is 12.2. The highest BCUT2D eigenvalue weighted by Gasteiger charge is 2.16. The van der Waals surface area contributed by atoms with Crippen LogP contribution < -0.4 is 11.0 Å². The standard InChI is InChI=1S/C18H21N3O8/c1-10(22)28-11(2)29-18(27)19-8-4-7-14-15(23)21(17(26)20-14)13-6-3-5-12(9-13)16(24)25/h3,5-6,9,11,23H,4,7-8H2,1-2H3,(H,19,27)(H,20,26)(H,24,25). The van der Waals surface area contributed by atoms with Crippen molar-refractivity contribution >= 4 is 18.0 Å². The van der Waals surface area contributed by atoms with Gasteiger partial charge in [-0.1, -0.05) is 6.07 Å². The van der Waals surface area contributed by atoms with Crippen molar-refractivity contribution in [3.63, 3.8) is 0 Å². The summed E-state index contributed by atoms with van der Waals surface area (Å²) < 4.78 is 10.4. The zero-order valence-corrected chi connectivity index (χ0v) is 15.8. The molecule has 2 rings (SSSR count). The number of ether oxygens (including phenoxy) is 2. The van der Waals surface area contributed by atoms with E-state index in [4.69, 9.17) is 9.84 Å². The molecular formula is C18H21N3O8. The molecule has 0 radical (unpaired) electrons. The largest absolute Gasteiger partial charge is 0.493 e. The highest BCUT2D eigenvalue weighted by Crippen LogP contribution is 2.20. The second-order valence-electron chi connectivity index (χ2n) is 6.04. The number of hydrogen-bond acceptors (Lipinski definition) is 7. The first-order valence-electron chi connectivity index (χ1n) is 8.67. The van der Waals surface area contributed by atoms with Crippen LogP contribution in [0, 0.1) is 0 Å². The van der Waals surface area contributed by atoms with E-state index in [0.717, 1.165) is 4.57 Å². The zero-order chi connectivity index (χ0) is 21.6. The number of imidazole rings is 1. The van der Waals surface area contributed by atoms with Gasteiger partial charge in [-0.3, -0.25) is 4.79 Å². The minimum absolute atomic E-state index is 0.0257. The first kappa shape index (κ1) is 21.5. The Kier molecular flexibility index (Phi) is 7.01. The molecule has 0 fully saturated rings. The molecule has 0 bridgehead atoms. The molecule has 0 saturated carbocycles. The maximum Gasteiger partial charge on any atom is 0.410 e. The van der Waals surface area contributed by atoms with Crippen molar-refractivity contribution in [2.45, 2.75) is 33.0 Å². The lowest BCUT2D eigenvalue weighted by molar-refractivity contribution is -0.162. The van der Waals surface area contributed by atoms with Crippen LogP contribution in [-0.4, -0.2) is 50.6 Å². The predicted molar refractivity (Wildman–Crippen MR) is 99.0 cm³/mol. The van der Waals surface area contributed by atoms with Crippen molar-refractivity contribution < 1.29 is 34.1 Å². The van der Waals surface area contributed by atoms with Crippen LogP contribution in [0.4, 0.5) is 4.79 Å². The quantitative estimate of drug-likeness (QED) is 0.288. The van der Waals surface area contributed by atoms with Gasteiger partial charge in [0.25, 0.3) is 0 Å². The van der Waals surface area contributed by atoms with Gasteiger partial charge in [-0.05, 0) is 31.0 Å². The summed E-state index contributed by atoms with van der Waals surface area (Å²) in [5.41, 5.74) is -0.208. The number of esters is 1. The molecule has 1 aromatic heterocycles. The van der Waals surface area contributed by atoms with Crippen LogP contribution in [0.25, 0.3) is 5.69 Å². The second-order valence-corrected chi connectivity index (χ2v) is 6.04. The smallest absolute Gasteiger partial charge is 0.410 e. The van der Waals surface area contributed by atoms with Gasteiger partial charge < -0.3 is 30.0 Å². The lowest BCUT2D eigenvalue weighted by Crippen LogP contribution is -2.30. The Morgan fingerprint density at radius 2 is 2.00 bits per heavy atom. The molecule has 0 spiro atoms. The van der Waals surface area contributed by atoms with E-state index in [1.54, 1.807) is 0 Å². The fourth-order valence-electron chi connectivity index (χ4n) is 2.57. The van der Waals surface area contributed by atoms with Crippen LogP contribution in [0.2, 0.25) is 0 Å². The number of carboxylic acids is 1. The van der Waals surface area contributed by atoms with E-state index in [2.05, 4.69) is 15.0 Å². The molecule has 1 unspecified atom stereocenters. The highest BCUT2D eigenvalue weighted by molar-refractivity contribution is 5.88. The average Bonchev–Trinajstić information content (AvgIpc) is 2.91. The number of aromatic nitrogens is 2. The summed E-state index contributed by atoms with van der Waals surface area (Å²) in [5, 5.41) is 21.8. The summed E-state index contributed by atoms with van der Waals surface area (Å²) in [4.78, 5) is 48.1. The first-order chi connectivity index (χ1) is 13.7. The van der Waals surface area contributed by atoms with Gasteiger partial charge in [0.1, 0.15) is 0 Å². The lowest BCUT2D eigenvalue weighted by atomic mass is 10.2. The maximum atomic E-state index is 12.2. The van der Waals surface area contributed by atoms with Crippen molar-refractivity contribution in [2.24, 2.45) is 0 Å². The molecule has 29 heavy (non-hydrogen) atoms. The van der Waals surface area contributed by atoms with Crippen LogP contribution in [0.3, 0.4) is 0 Å². The highest BCUT2D eigenvalue weighted by atomic mass is 16.7. The topological polar surface area (TPSA) is 160 Å². The number of rotatable bonds is 8. The molecule has 0 saturated heterocycles. The summed E-state index contributed by atoms with van der Waals surface area (Å²) in [5.74, 6) is -2.08. The number of alkyl carbamates (subject to hydrolysis) is 1. The Bertz CT molecular complexity index is 962. The van der Waals surface area contributed by atoms with Gasteiger partial charge in [0.2, 0.25) is 12.2 Å². The number of hydrogen-bond donors (Lipinski definition) is 4. The SMILES string of the molecule is CC(=O)OC(C)OC(=O)NCCCc1[nH]c(=O)n(-c2cccc(C(=O)O)c2)c1O. The van der Waals surface area contributed by atoms with E-state index in [0.29, 0.717) is 6.42 Å². The van der Waals surface area contributed by atoms with Gasteiger partial charge in [-0.2, -0.15) is 0 Å². The van der Waals surface area contributed by atoms with Crippen LogP contribution >= 0.6 is 0 Å². The number of aryl methyl sites for hydroxylation is 1. The molecule has 1 amide bonds. The van der Waals surface area contributed by atoms with Crippen molar-refractivity contribution in [1.29, 1.82) is 0 Å². The van der Waals surface area contributed by atoms with Crippen LogP contribution in [0.5, 0.6) is 5.88 Å². The number of nitrogens with zero attached hydrogens (tertiary/aromatic N) is 1. The average molecular weight is 407 g/mol. The summed E-state index contributed by atoms with van der Waals surface area (Å²) in [6.07, 6.45) is -1.21. The summed E-state index contributed by atoms with van der Waals surface area (Å²) >= 11 is 0. The number of aromatic hydroxyl groups is 1. The molecule has 2 aromatic rings. The molecule has 1 aromatic carbocycles. The minimum Gasteiger partial charge on any atom is -0.493 e. The summed E-state index contributed by atoms with van der Waals surface area (Å²) in [6, 6.07) is 5.59. The third kappa shape index (κ3) is 5.86. The van der Waals surface area contributed by atoms with Crippen LogP contribution in [0.15, 0.2) is 29.1 Å². The van der Waals surface area contributed by atoms with E-state index in [9.17, 15) is 24.3 Å². The molecule has 4 N–H and O–H groups in total. The van der Waals surface area contributed by atoms with Gasteiger partial charge in [0, 0.05) is 20.4 Å². The second kappa shape index (κ2) is 9.44. The number of nitrogens with one attached hydrogen (secondary N) is 2. The molecule has 0 aliphatic rings. The lowest BCUT2D eigenvalue weighted by Gasteiger charge is -2.13. The molecule has 1 heterocycles. The van der Waals surface area contributed by atoms with Crippen LogP contribution in [-0.2, 0) is 20.7 Å². The summed E-state index contributed by atoms with van der Waals surface area (Å²) in [7, 11) is 0. The van der Waals surface area contributed by atoms with Crippen molar-refractivity contribution in [3.05, 3.63) is 46.0 Å². The van der Waals surface area contributed by atoms with E-state index in [1.807, 2.05) is 0 Å². The Hall–Kier alpha value is -3.76. The Balaban J connectivity index is 1.95. The van der Waals surface area contributed by atoms with E-state index < -0.39 is 30.0 Å². The Labute approximate surface area is 164 Å². The van der Waals surface area contributed by atoms with Gasteiger partial charge in [-0.15, -0.1) is 0 Å². The zero-order valence-electron chi connectivity index (χ0n) is 15.8. The normalized spacial score (nSPS) is 11.5. The fourth-order valence-corrected chi connectivity index (χ4v) is 2.57. The molecular weight excluding hydrogens is 386 g/mol. The van der Waals surface area contributed by atoms with E-state index in [1.165, 1.54) is 38.1 Å². The third-order valence-electron chi connectivity index (χ3n) is 3.77. The minimum atomic E-state index is -1.16. The monoisotopic (exact) mass is 407 g/mol. The van der Waals surface area contributed by atoms with Gasteiger partial charge >= 0.3 is 23.7 Å². The van der Waals surface area contributed by atoms with Gasteiger partial charge in [0.15, 0.2) is 0 Å². The third-order valence-corrected chi connectivity index (χ3v) is 3.77. The molecule has 0 aliphatic carbocycles. The van der Waals surface area contributed by atoms with E-state index >= 15 is 0 Å². The molecule has 0 aliphatic heterocycles. The predicted octanol–water partition coefficient (Wildman–Crippen LogP) is 1.14. The number of carbonyl (C=O) groups excluding carboxylic acids is 2. The van der Waals surface area contributed by atoms with Gasteiger partial charge in [0.05, 0.1) is 16.9 Å². The number of aromatic amines is 1. The van der Waals surface area contributed by atoms with Crippen molar-refractivity contribution in [1.82, 2.24) is 14.9 Å². The summed E-state index contributed by atoms with van der Waals surface area (Å²) in [6.45, 7) is 2.76. The number of carbonyl (C=O) groups is 3. The number of aromatic carboxylic acids is 1. The number of H-pyrrole nitrogens is 1. The molecule has 11 nitrogen and oxygen atoms in total. The number of carboxylic acid groups (broad SMARTS) is 1. The van der Waals surface area contributed by atoms with Crippen molar-refractivity contribution in [2.75, 3.05) is 6.54 Å². The van der Waals surface area contributed by atoms with Gasteiger partial charge in [-0.25, -0.2) is 19.0 Å². The Morgan fingerprint density at radius 3 is 2.66 bits per heavy atom.